The summed E-state index contributed by atoms with van der Waals surface area (Å²) in [5.74, 6) is 0. The van der Waals surface area contributed by atoms with Crippen molar-refractivity contribution in [3.63, 3.8) is 0 Å². The van der Waals surface area contributed by atoms with Crippen molar-refractivity contribution in [2.75, 3.05) is 52.4 Å². The average molecular weight is 517 g/mol. The van der Waals surface area contributed by atoms with Crippen molar-refractivity contribution >= 4 is 0 Å². The van der Waals surface area contributed by atoms with Gasteiger partial charge in [-0.3, -0.25) is 0 Å². The minimum absolute atomic E-state index is 0. The van der Waals surface area contributed by atoms with Gasteiger partial charge in [-0.1, -0.05) is 55.4 Å². The summed E-state index contributed by atoms with van der Waals surface area (Å²) in [6, 6.07) is 0. The Morgan fingerprint density at radius 1 is 0.321 bits per heavy atom. The first-order valence-corrected chi connectivity index (χ1v) is 12.2. The maximum atomic E-state index is 2.31. The molecule has 0 amide bonds. The predicted molar refractivity (Wildman–Crippen MR) is 124 cm³/mol. The van der Waals surface area contributed by atoms with Gasteiger partial charge in [-0.2, -0.15) is 0 Å². The van der Waals surface area contributed by atoms with E-state index in [2.05, 4.69) is 55.4 Å². The SMILES string of the molecule is CCC[N+](CCC)(CCC)CCC.CCC[N+](CCC)(CCC)CCC.[I-].[OH-]. The normalized spacial score (nSPS) is 11.1. The number of halogens is 1. The molecule has 0 bridgehead atoms. The Bertz CT molecular complexity index is 201. The van der Waals surface area contributed by atoms with E-state index in [1.165, 1.54) is 113 Å². The molecule has 0 radical (unpaired) electrons. The number of rotatable bonds is 16. The molecule has 0 aliphatic rings. The molecule has 0 aromatic rings. The van der Waals surface area contributed by atoms with Gasteiger partial charge in [0.05, 0.1) is 52.4 Å². The zero-order chi connectivity index (χ0) is 20.3. The maximum absolute atomic E-state index is 2.31. The van der Waals surface area contributed by atoms with Crippen LogP contribution in [0.1, 0.15) is 107 Å². The van der Waals surface area contributed by atoms with Gasteiger partial charge in [0.25, 0.3) is 0 Å². The van der Waals surface area contributed by atoms with Crippen LogP contribution in [0.25, 0.3) is 0 Å². The zero-order valence-electron chi connectivity index (χ0n) is 21.0. The van der Waals surface area contributed by atoms with Crippen molar-refractivity contribution in [2.24, 2.45) is 0 Å². The van der Waals surface area contributed by atoms with Gasteiger partial charge in [0, 0.05) is 0 Å². The van der Waals surface area contributed by atoms with E-state index in [0.717, 1.165) is 0 Å². The van der Waals surface area contributed by atoms with Gasteiger partial charge in [-0.15, -0.1) is 0 Å². The highest BCUT2D eigenvalue weighted by atomic mass is 127. The summed E-state index contributed by atoms with van der Waals surface area (Å²) in [6.07, 6.45) is 10.7. The fourth-order valence-electron chi connectivity index (χ4n) is 5.14. The van der Waals surface area contributed by atoms with Gasteiger partial charge in [0.1, 0.15) is 0 Å². The Balaban J connectivity index is -0.000000192. The van der Waals surface area contributed by atoms with Gasteiger partial charge >= 0.3 is 0 Å². The molecule has 0 saturated heterocycles. The molecule has 3 nitrogen and oxygen atoms in total. The summed E-state index contributed by atoms with van der Waals surface area (Å²) in [6.45, 7) is 29.6. The van der Waals surface area contributed by atoms with Gasteiger partial charge in [-0.05, 0) is 51.4 Å². The minimum Gasteiger partial charge on any atom is -1.00 e. The summed E-state index contributed by atoms with van der Waals surface area (Å²) < 4.78 is 2.75. The van der Waals surface area contributed by atoms with Gasteiger partial charge in [-0.25, -0.2) is 0 Å². The molecule has 0 heterocycles. The number of hydrogen-bond acceptors (Lipinski definition) is 1. The number of nitrogens with zero attached hydrogens (tertiary/aromatic N) is 2. The van der Waals surface area contributed by atoms with Crippen LogP contribution in [0.2, 0.25) is 0 Å². The Labute approximate surface area is 197 Å². The van der Waals surface area contributed by atoms with Crippen LogP contribution >= 0.6 is 0 Å². The minimum atomic E-state index is 0. The van der Waals surface area contributed by atoms with Crippen molar-refractivity contribution < 1.29 is 38.4 Å². The monoisotopic (exact) mass is 516 g/mol. The van der Waals surface area contributed by atoms with Crippen molar-refractivity contribution in [3.05, 3.63) is 0 Å². The van der Waals surface area contributed by atoms with Crippen LogP contribution in [0.15, 0.2) is 0 Å². The molecule has 0 spiro atoms. The third-order valence-electron chi connectivity index (χ3n) is 5.58. The molecule has 0 fully saturated rings. The Kier molecular flexibility index (Phi) is 30.7. The third kappa shape index (κ3) is 16.4. The second kappa shape index (κ2) is 23.9. The molecule has 0 aromatic carbocycles. The largest absolute Gasteiger partial charge is 1.00 e. The molecule has 0 aromatic heterocycles. The lowest BCUT2D eigenvalue weighted by molar-refractivity contribution is -0.928. The molecule has 28 heavy (non-hydrogen) atoms. The van der Waals surface area contributed by atoms with Crippen molar-refractivity contribution in [1.82, 2.24) is 0 Å². The number of hydrogen-bond donors (Lipinski definition) is 0. The molecular weight excluding hydrogens is 459 g/mol. The lowest BCUT2D eigenvalue weighted by Gasteiger charge is -2.38. The van der Waals surface area contributed by atoms with Crippen molar-refractivity contribution in [3.8, 4) is 0 Å². The molecule has 1 N–H and O–H groups in total. The maximum Gasteiger partial charge on any atom is 0.0783 e. The molecule has 0 aliphatic heterocycles. The second-order valence-corrected chi connectivity index (χ2v) is 8.47. The molecule has 0 aliphatic carbocycles. The predicted octanol–water partition coefficient (Wildman–Crippen LogP) is 3.71. The van der Waals surface area contributed by atoms with E-state index >= 15 is 0 Å². The summed E-state index contributed by atoms with van der Waals surface area (Å²) in [7, 11) is 0. The number of quaternary nitrogens is 2. The van der Waals surface area contributed by atoms with Crippen LogP contribution in [0.4, 0.5) is 0 Å². The van der Waals surface area contributed by atoms with Crippen LogP contribution in [-0.4, -0.2) is 66.8 Å². The van der Waals surface area contributed by atoms with E-state index < -0.39 is 0 Å². The Hall–Kier alpha value is 0.610. The topological polar surface area (TPSA) is 30.0 Å². The van der Waals surface area contributed by atoms with Gasteiger partial charge in [0.2, 0.25) is 0 Å². The molecular formula is C24H57IN2O. The fourth-order valence-corrected chi connectivity index (χ4v) is 5.14. The van der Waals surface area contributed by atoms with Gasteiger partial charge in [0.15, 0.2) is 0 Å². The van der Waals surface area contributed by atoms with Gasteiger partial charge < -0.3 is 38.4 Å². The first-order valence-electron chi connectivity index (χ1n) is 12.2. The van der Waals surface area contributed by atoms with Crippen molar-refractivity contribution in [1.29, 1.82) is 0 Å². The lowest BCUT2D eigenvalue weighted by Crippen LogP contribution is -3.00. The Morgan fingerprint density at radius 2 is 0.429 bits per heavy atom. The first-order chi connectivity index (χ1) is 12.5. The fraction of sp³-hybridized carbons (Fsp3) is 1.00. The molecule has 0 rings (SSSR count). The standard InChI is InChI=1S/2C12H28N.HI.H2O/c2*1-5-9-13(10-6-2,11-7-3)12-8-4;;/h2*5-12H2,1-4H3;1H;1H2/q2*+1;;/p-2. The molecule has 176 valence electrons. The Morgan fingerprint density at radius 3 is 0.500 bits per heavy atom. The highest BCUT2D eigenvalue weighted by molar-refractivity contribution is 4.45. The quantitative estimate of drug-likeness (QED) is 0.227. The van der Waals surface area contributed by atoms with Crippen molar-refractivity contribution in [2.45, 2.75) is 107 Å². The van der Waals surface area contributed by atoms with Crippen LogP contribution in [0.3, 0.4) is 0 Å². The van der Waals surface area contributed by atoms with E-state index in [0.29, 0.717) is 0 Å². The van der Waals surface area contributed by atoms with E-state index in [1.807, 2.05) is 0 Å². The molecule has 0 atom stereocenters. The van der Waals surface area contributed by atoms with E-state index in [1.54, 1.807) is 0 Å². The van der Waals surface area contributed by atoms with E-state index in [-0.39, 0.29) is 29.5 Å². The van der Waals surface area contributed by atoms with Crippen LogP contribution < -0.4 is 24.0 Å². The molecule has 0 saturated carbocycles. The highest BCUT2D eigenvalue weighted by Crippen LogP contribution is 2.13. The van der Waals surface area contributed by atoms with E-state index in [9.17, 15) is 0 Å². The third-order valence-corrected chi connectivity index (χ3v) is 5.58. The summed E-state index contributed by atoms with van der Waals surface area (Å²) in [4.78, 5) is 0. The smallest absolute Gasteiger partial charge is 0.0783 e. The highest BCUT2D eigenvalue weighted by Gasteiger charge is 2.23. The van der Waals surface area contributed by atoms with E-state index in [4.69, 9.17) is 0 Å². The average Bonchev–Trinajstić information content (AvgIpc) is 2.57. The second-order valence-electron chi connectivity index (χ2n) is 8.47. The summed E-state index contributed by atoms with van der Waals surface area (Å²) in [5, 5.41) is 0. The summed E-state index contributed by atoms with van der Waals surface area (Å²) >= 11 is 0. The van der Waals surface area contributed by atoms with Crippen LogP contribution in [-0.2, 0) is 0 Å². The first kappa shape index (κ1) is 36.0. The molecule has 0 unspecified atom stereocenters. The molecule has 4 heteroatoms. The van der Waals surface area contributed by atoms with Crippen LogP contribution in [0.5, 0.6) is 0 Å². The van der Waals surface area contributed by atoms with Crippen LogP contribution in [0, 0.1) is 0 Å². The summed E-state index contributed by atoms with van der Waals surface area (Å²) in [5.41, 5.74) is 0. The lowest BCUT2D eigenvalue weighted by atomic mass is 10.2. The zero-order valence-corrected chi connectivity index (χ0v) is 23.2.